The van der Waals surface area contributed by atoms with E-state index in [0.717, 1.165) is 42.8 Å². The van der Waals surface area contributed by atoms with Gasteiger partial charge in [0.1, 0.15) is 16.4 Å². The minimum atomic E-state index is -0.285. The van der Waals surface area contributed by atoms with E-state index < -0.39 is 0 Å². The molecule has 0 unspecified atom stereocenters. The molecule has 0 radical (unpaired) electrons. The first kappa shape index (κ1) is 15.8. The van der Waals surface area contributed by atoms with Gasteiger partial charge in [0.05, 0.1) is 13.7 Å². The second kappa shape index (κ2) is 6.60. The third-order valence-electron chi connectivity index (χ3n) is 4.08. The summed E-state index contributed by atoms with van der Waals surface area (Å²) >= 11 is 6.02. The lowest BCUT2D eigenvalue weighted by atomic mass is 10.1. The molecule has 0 saturated carbocycles. The normalized spacial score (nSPS) is 15.8. The van der Waals surface area contributed by atoms with Crippen molar-refractivity contribution in [3.05, 3.63) is 29.4 Å². The number of anilines is 1. The monoisotopic (exact) mass is 334 g/mol. The molecule has 6 nitrogen and oxygen atoms in total. The molecule has 1 amide bonds. The van der Waals surface area contributed by atoms with Crippen molar-refractivity contribution in [1.29, 1.82) is 0 Å². The van der Waals surface area contributed by atoms with Crippen molar-refractivity contribution in [3.8, 4) is 5.75 Å². The first-order valence-corrected chi connectivity index (χ1v) is 7.85. The fraction of sp³-hybridized carbons (Fsp3) is 0.375. The number of ether oxygens (including phenoxy) is 1. The summed E-state index contributed by atoms with van der Waals surface area (Å²) in [5.41, 5.74) is 7.12. The second-order valence-electron chi connectivity index (χ2n) is 5.55. The molecule has 1 aromatic carbocycles. The smallest absolute Gasteiger partial charge is 0.231 e. The topological polar surface area (TPSA) is 71.7 Å². The van der Waals surface area contributed by atoms with Crippen LogP contribution in [0, 0.1) is 0 Å². The Labute approximate surface area is 139 Å². The maximum Gasteiger partial charge on any atom is 0.231 e. The predicted octanol–water partition coefficient (Wildman–Crippen LogP) is 1.50. The molecule has 2 aromatic rings. The molecule has 0 aliphatic carbocycles. The standard InChI is InChI=1S/C16H19ClN4O2/c1-23-13-4-3-12(11-2-5-14(17)19-16(11)13)21-8-6-20(7-9-21)10-15(18)22/h2-5H,6-10H2,1H3,(H2,18,22). The summed E-state index contributed by atoms with van der Waals surface area (Å²) in [5, 5.41) is 1.45. The van der Waals surface area contributed by atoms with E-state index in [2.05, 4.69) is 14.8 Å². The molecule has 1 aromatic heterocycles. The van der Waals surface area contributed by atoms with Crippen molar-refractivity contribution in [3.63, 3.8) is 0 Å². The zero-order chi connectivity index (χ0) is 16.4. The van der Waals surface area contributed by atoms with Crippen molar-refractivity contribution in [2.45, 2.75) is 0 Å². The van der Waals surface area contributed by atoms with Crippen molar-refractivity contribution >= 4 is 34.1 Å². The number of hydrogen-bond donors (Lipinski definition) is 1. The van der Waals surface area contributed by atoms with Crippen LogP contribution < -0.4 is 15.4 Å². The molecule has 7 heteroatoms. The maximum atomic E-state index is 11.0. The van der Waals surface area contributed by atoms with E-state index in [-0.39, 0.29) is 5.91 Å². The number of halogens is 1. The van der Waals surface area contributed by atoms with Crippen LogP contribution in [0.2, 0.25) is 5.15 Å². The molecular formula is C16H19ClN4O2. The molecular weight excluding hydrogens is 316 g/mol. The van der Waals surface area contributed by atoms with Crippen molar-refractivity contribution in [1.82, 2.24) is 9.88 Å². The first-order chi connectivity index (χ1) is 11.1. The number of amides is 1. The molecule has 2 heterocycles. The Bertz CT molecular complexity index is 729. The molecule has 3 rings (SSSR count). The minimum absolute atomic E-state index is 0.285. The summed E-state index contributed by atoms with van der Waals surface area (Å²) in [6.45, 7) is 3.58. The van der Waals surface area contributed by atoms with Gasteiger partial charge in [0.25, 0.3) is 0 Å². The molecule has 0 bridgehead atoms. The number of aromatic nitrogens is 1. The number of hydrogen-bond acceptors (Lipinski definition) is 5. The number of rotatable bonds is 4. The fourth-order valence-corrected chi connectivity index (χ4v) is 3.11. The number of fused-ring (bicyclic) bond motifs is 1. The summed E-state index contributed by atoms with van der Waals surface area (Å²) in [7, 11) is 1.62. The molecule has 0 spiro atoms. The van der Waals surface area contributed by atoms with Gasteiger partial charge in [-0.2, -0.15) is 0 Å². The molecule has 2 N–H and O–H groups in total. The first-order valence-electron chi connectivity index (χ1n) is 7.47. The highest BCUT2D eigenvalue weighted by atomic mass is 35.5. The maximum absolute atomic E-state index is 11.0. The zero-order valence-electron chi connectivity index (χ0n) is 13.0. The molecule has 23 heavy (non-hydrogen) atoms. The van der Waals surface area contributed by atoms with Gasteiger partial charge in [0, 0.05) is 37.3 Å². The van der Waals surface area contributed by atoms with Gasteiger partial charge in [-0.15, -0.1) is 0 Å². The van der Waals surface area contributed by atoms with Gasteiger partial charge in [-0.05, 0) is 24.3 Å². The van der Waals surface area contributed by atoms with Gasteiger partial charge in [-0.25, -0.2) is 4.98 Å². The number of piperazine rings is 1. The Morgan fingerprint density at radius 3 is 2.65 bits per heavy atom. The van der Waals surface area contributed by atoms with Gasteiger partial charge >= 0.3 is 0 Å². The largest absolute Gasteiger partial charge is 0.494 e. The van der Waals surface area contributed by atoms with E-state index in [1.165, 1.54) is 0 Å². The molecule has 1 aliphatic heterocycles. The van der Waals surface area contributed by atoms with Gasteiger partial charge in [-0.3, -0.25) is 9.69 Å². The number of benzene rings is 1. The van der Waals surface area contributed by atoms with Crippen LogP contribution in [0.3, 0.4) is 0 Å². The van der Waals surface area contributed by atoms with Gasteiger partial charge < -0.3 is 15.4 Å². The number of nitrogens with two attached hydrogens (primary N) is 1. The predicted molar refractivity (Wildman–Crippen MR) is 91.2 cm³/mol. The summed E-state index contributed by atoms with van der Waals surface area (Å²) in [5.74, 6) is 0.422. The SMILES string of the molecule is COc1ccc(N2CCN(CC(N)=O)CC2)c2ccc(Cl)nc12. The Hall–Kier alpha value is -2.05. The lowest BCUT2D eigenvalue weighted by molar-refractivity contribution is -0.119. The van der Waals surface area contributed by atoms with Crippen molar-refractivity contribution in [2.75, 3.05) is 44.7 Å². The van der Waals surface area contributed by atoms with Crippen LogP contribution in [0.15, 0.2) is 24.3 Å². The van der Waals surface area contributed by atoms with Gasteiger partial charge in [0.15, 0.2) is 0 Å². The van der Waals surface area contributed by atoms with Crippen LogP contribution in [0.5, 0.6) is 5.75 Å². The van der Waals surface area contributed by atoms with E-state index in [1.807, 2.05) is 18.2 Å². The Kier molecular flexibility index (Phi) is 4.54. The van der Waals surface area contributed by atoms with Crippen molar-refractivity contribution < 1.29 is 9.53 Å². The summed E-state index contributed by atoms with van der Waals surface area (Å²) in [4.78, 5) is 19.8. The van der Waals surface area contributed by atoms with E-state index in [0.29, 0.717) is 17.4 Å². The average Bonchev–Trinajstić information content (AvgIpc) is 2.54. The molecule has 1 aliphatic rings. The number of carbonyl (C=O) groups excluding carboxylic acids is 1. The minimum Gasteiger partial charge on any atom is -0.494 e. The molecule has 0 atom stereocenters. The molecule has 1 saturated heterocycles. The van der Waals surface area contributed by atoms with Crippen LogP contribution in [0.4, 0.5) is 5.69 Å². The van der Waals surface area contributed by atoms with Crippen LogP contribution in [0.1, 0.15) is 0 Å². The highest BCUT2D eigenvalue weighted by Gasteiger charge is 2.20. The van der Waals surface area contributed by atoms with Crippen LogP contribution in [0.25, 0.3) is 10.9 Å². The Morgan fingerprint density at radius 2 is 2.00 bits per heavy atom. The third-order valence-corrected chi connectivity index (χ3v) is 4.29. The van der Waals surface area contributed by atoms with E-state index in [4.69, 9.17) is 22.1 Å². The second-order valence-corrected chi connectivity index (χ2v) is 5.93. The van der Waals surface area contributed by atoms with Gasteiger partial charge in [-0.1, -0.05) is 11.6 Å². The number of nitrogens with zero attached hydrogens (tertiary/aromatic N) is 3. The highest BCUT2D eigenvalue weighted by Crippen LogP contribution is 2.33. The summed E-state index contributed by atoms with van der Waals surface area (Å²) < 4.78 is 5.39. The van der Waals surface area contributed by atoms with Crippen LogP contribution in [-0.4, -0.2) is 55.6 Å². The summed E-state index contributed by atoms with van der Waals surface area (Å²) in [6, 6.07) is 7.71. The van der Waals surface area contributed by atoms with Gasteiger partial charge in [0.2, 0.25) is 5.91 Å². The summed E-state index contributed by atoms with van der Waals surface area (Å²) in [6.07, 6.45) is 0. The van der Waals surface area contributed by atoms with Crippen LogP contribution in [-0.2, 0) is 4.79 Å². The lowest BCUT2D eigenvalue weighted by Gasteiger charge is -2.36. The number of carbonyl (C=O) groups is 1. The van der Waals surface area contributed by atoms with E-state index in [9.17, 15) is 4.79 Å². The number of methoxy groups -OCH3 is 1. The molecule has 122 valence electrons. The van der Waals surface area contributed by atoms with E-state index in [1.54, 1.807) is 13.2 Å². The quantitative estimate of drug-likeness (QED) is 0.858. The van der Waals surface area contributed by atoms with Crippen molar-refractivity contribution in [2.24, 2.45) is 5.73 Å². The Morgan fingerprint density at radius 1 is 1.26 bits per heavy atom. The Balaban J connectivity index is 1.88. The zero-order valence-corrected chi connectivity index (χ0v) is 13.7. The van der Waals surface area contributed by atoms with E-state index >= 15 is 0 Å². The third kappa shape index (κ3) is 3.33. The number of pyridine rings is 1. The average molecular weight is 335 g/mol. The lowest BCUT2D eigenvalue weighted by Crippen LogP contribution is -2.48. The highest BCUT2D eigenvalue weighted by molar-refractivity contribution is 6.30. The van der Waals surface area contributed by atoms with Crippen LogP contribution >= 0.6 is 11.6 Å². The molecule has 1 fully saturated rings. The number of primary amides is 1. The fourth-order valence-electron chi connectivity index (χ4n) is 2.96.